The zero-order valence-electron chi connectivity index (χ0n) is 21.5. The topological polar surface area (TPSA) is 80.2 Å². The van der Waals surface area contributed by atoms with Gasteiger partial charge in [0, 0.05) is 72.8 Å². The molecule has 4 aromatic rings. The first-order valence-electron chi connectivity index (χ1n) is 12.1. The van der Waals surface area contributed by atoms with Gasteiger partial charge in [0.05, 0.1) is 0 Å². The SMILES string of the molecule is CC1(C)c2ccc([nH]2)C(C)(C)c2ccc([nH]2)C(C)(C)c2[nH]c(cc2C=O)C(C)(C)c2ccc1[nH]2. The minimum Gasteiger partial charge on any atom is -0.361 e. The van der Waals surface area contributed by atoms with Crippen molar-refractivity contribution in [2.24, 2.45) is 0 Å². The van der Waals surface area contributed by atoms with Crippen LogP contribution in [0.1, 0.15) is 111 Å². The molecule has 0 unspecified atom stereocenters. The van der Waals surface area contributed by atoms with Crippen LogP contribution in [-0.2, 0) is 21.7 Å². The Morgan fingerprint density at radius 3 is 1.18 bits per heavy atom. The molecule has 5 rings (SSSR count). The lowest BCUT2D eigenvalue weighted by molar-refractivity contribution is 0.112. The van der Waals surface area contributed by atoms with Crippen molar-refractivity contribution < 1.29 is 4.79 Å². The summed E-state index contributed by atoms with van der Waals surface area (Å²) in [7, 11) is 0. The minimum absolute atomic E-state index is 0.225. The molecule has 0 atom stereocenters. The van der Waals surface area contributed by atoms with Gasteiger partial charge in [-0.2, -0.15) is 0 Å². The van der Waals surface area contributed by atoms with Gasteiger partial charge in [-0.25, -0.2) is 0 Å². The van der Waals surface area contributed by atoms with Gasteiger partial charge in [0.2, 0.25) is 0 Å². The van der Waals surface area contributed by atoms with E-state index in [1.165, 1.54) is 5.69 Å². The lowest BCUT2D eigenvalue weighted by atomic mass is 9.84. The summed E-state index contributed by atoms with van der Waals surface area (Å²) in [5.74, 6) is 0. The number of carbonyl (C=O) groups excluding carboxylic acids is 1. The summed E-state index contributed by atoms with van der Waals surface area (Å²) in [5.41, 5.74) is 8.26. The first-order valence-corrected chi connectivity index (χ1v) is 12.1. The van der Waals surface area contributed by atoms with Crippen LogP contribution in [0.2, 0.25) is 0 Å². The average molecular weight is 457 g/mol. The maximum absolute atomic E-state index is 12.2. The third kappa shape index (κ3) is 3.02. The van der Waals surface area contributed by atoms with Crippen LogP contribution in [0.4, 0.5) is 0 Å². The smallest absolute Gasteiger partial charge is 0.151 e. The first kappa shape index (κ1) is 22.6. The molecule has 5 heteroatoms. The van der Waals surface area contributed by atoms with Gasteiger partial charge in [0.1, 0.15) is 0 Å². The number of H-pyrrole nitrogens is 4. The standard InChI is InChI=1S/C29H36N4O/c1-26(2)18-9-10-19(30-18)27(3,4)21-13-14-23(32-21)29(7,8)25-17(16-34)15-24(33-25)28(5,6)22-12-11-20(26)31-22/h9-16,30-33H,1-8H3. The molecule has 1 aliphatic heterocycles. The molecule has 0 radical (unpaired) electrons. The van der Waals surface area contributed by atoms with Crippen molar-refractivity contribution in [1.82, 2.24) is 19.9 Å². The Hall–Kier alpha value is -3.21. The summed E-state index contributed by atoms with van der Waals surface area (Å²) in [4.78, 5) is 27.0. The predicted molar refractivity (Wildman–Crippen MR) is 137 cm³/mol. The number of carbonyl (C=O) groups is 1. The third-order valence-electron chi connectivity index (χ3n) is 8.37. The number of nitrogens with one attached hydrogen (secondary N) is 4. The second-order valence-corrected chi connectivity index (χ2v) is 12.0. The molecule has 4 aromatic heterocycles. The number of fused-ring (bicyclic) bond motifs is 8. The monoisotopic (exact) mass is 456 g/mol. The van der Waals surface area contributed by atoms with Crippen molar-refractivity contribution in [2.75, 3.05) is 0 Å². The highest BCUT2D eigenvalue weighted by atomic mass is 16.1. The quantitative estimate of drug-likeness (QED) is 0.245. The van der Waals surface area contributed by atoms with E-state index in [1.807, 2.05) is 6.07 Å². The van der Waals surface area contributed by atoms with Crippen LogP contribution >= 0.6 is 0 Å². The number of rotatable bonds is 1. The van der Waals surface area contributed by atoms with Gasteiger partial charge in [0.25, 0.3) is 0 Å². The van der Waals surface area contributed by atoms with Crippen LogP contribution in [0, 0.1) is 0 Å². The highest BCUT2D eigenvalue weighted by Gasteiger charge is 2.37. The molecule has 8 bridgehead atoms. The Morgan fingerprint density at radius 1 is 0.500 bits per heavy atom. The molecule has 1 aliphatic rings. The van der Waals surface area contributed by atoms with E-state index in [0.717, 1.165) is 46.1 Å². The molecule has 0 aliphatic carbocycles. The highest BCUT2D eigenvalue weighted by Crippen LogP contribution is 2.41. The molecule has 0 amide bonds. The molecule has 0 fully saturated rings. The van der Waals surface area contributed by atoms with Crippen molar-refractivity contribution in [3.63, 3.8) is 0 Å². The van der Waals surface area contributed by atoms with Gasteiger partial charge >= 0.3 is 0 Å². The zero-order valence-corrected chi connectivity index (χ0v) is 21.5. The summed E-state index contributed by atoms with van der Waals surface area (Å²) in [6, 6.07) is 15.1. The van der Waals surface area contributed by atoms with E-state index in [2.05, 4.69) is 112 Å². The lowest BCUT2D eigenvalue weighted by Gasteiger charge is -2.28. The van der Waals surface area contributed by atoms with Gasteiger partial charge in [0.15, 0.2) is 6.29 Å². The van der Waals surface area contributed by atoms with Crippen molar-refractivity contribution in [2.45, 2.75) is 77.0 Å². The van der Waals surface area contributed by atoms with Gasteiger partial charge < -0.3 is 19.9 Å². The van der Waals surface area contributed by atoms with E-state index in [9.17, 15) is 4.79 Å². The summed E-state index contributed by atoms with van der Waals surface area (Å²) in [6.45, 7) is 17.7. The van der Waals surface area contributed by atoms with Crippen LogP contribution in [0.25, 0.3) is 0 Å². The molecule has 4 N–H and O–H groups in total. The minimum atomic E-state index is -0.403. The molecular weight excluding hydrogens is 420 g/mol. The van der Waals surface area contributed by atoms with Crippen LogP contribution in [-0.4, -0.2) is 26.2 Å². The fourth-order valence-electron chi connectivity index (χ4n) is 5.36. The fourth-order valence-corrected chi connectivity index (χ4v) is 5.36. The van der Waals surface area contributed by atoms with Gasteiger partial charge in [-0.15, -0.1) is 0 Å². The molecule has 34 heavy (non-hydrogen) atoms. The second kappa shape index (κ2) is 6.91. The van der Waals surface area contributed by atoms with Crippen LogP contribution in [0.3, 0.4) is 0 Å². The first-order chi connectivity index (χ1) is 15.8. The van der Waals surface area contributed by atoms with Gasteiger partial charge in [-0.3, -0.25) is 4.79 Å². The zero-order chi connectivity index (χ0) is 24.7. The van der Waals surface area contributed by atoms with E-state index in [4.69, 9.17) is 0 Å². The van der Waals surface area contributed by atoms with Crippen molar-refractivity contribution in [1.29, 1.82) is 0 Å². The number of hydrogen-bond donors (Lipinski definition) is 4. The molecule has 178 valence electrons. The van der Waals surface area contributed by atoms with E-state index in [0.29, 0.717) is 5.56 Å². The Labute approximate surface area is 201 Å². The van der Waals surface area contributed by atoms with E-state index in [-0.39, 0.29) is 16.2 Å². The molecule has 5 heterocycles. The number of aromatic nitrogens is 4. The summed E-state index contributed by atoms with van der Waals surface area (Å²) in [6.07, 6.45) is 0.971. The summed E-state index contributed by atoms with van der Waals surface area (Å²) in [5, 5.41) is 0. The number of hydrogen-bond acceptors (Lipinski definition) is 1. The maximum atomic E-state index is 12.2. The highest BCUT2D eigenvalue weighted by molar-refractivity contribution is 5.78. The normalized spacial score (nSPS) is 19.6. The molecule has 0 saturated heterocycles. The van der Waals surface area contributed by atoms with Crippen molar-refractivity contribution in [3.05, 3.63) is 93.6 Å². The van der Waals surface area contributed by atoms with Crippen molar-refractivity contribution in [3.8, 4) is 0 Å². The largest absolute Gasteiger partial charge is 0.361 e. The van der Waals surface area contributed by atoms with Crippen LogP contribution < -0.4 is 0 Å². The van der Waals surface area contributed by atoms with Gasteiger partial charge in [-0.1, -0.05) is 0 Å². The maximum Gasteiger partial charge on any atom is 0.151 e. The Morgan fingerprint density at radius 2 is 0.824 bits per heavy atom. The summed E-state index contributed by atoms with van der Waals surface area (Å²) < 4.78 is 0. The van der Waals surface area contributed by atoms with Crippen molar-refractivity contribution >= 4 is 6.29 Å². The Kier molecular flexibility index (Phi) is 4.59. The second-order valence-electron chi connectivity index (χ2n) is 12.0. The summed E-state index contributed by atoms with van der Waals surface area (Å²) >= 11 is 0. The average Bonchev–Trinajstić information content (AvgIpc) is 3.56. The predicted octanol–water partition coefficient (Wildman–Crippen LogP) is 6.43. The Balaban J connectivity index is 1.80. The van der Waals surface area contributed by atoms with E-state index in [1.54, 1.807) is 0 Å². The number of aromatic amines is 4. The molecular formula is C29H36N4O. The molecule has 0 aromatic carbocycles. The van der Waals surface area contributed by atoms with E-state index >= 15 is 0 Å². The molecule has 0 saturated carbocycles. The fraction of sp³-hybridized carbons (Fsp3) is 0.414. The van der Waals surface area contributed by atoms with Gasteiger partial charge in [-0.05, 0) is 97.9 Å². The number of aldehydes is 1. The Bertz CT molecular complexity index is 1380. The lowest BCUT2D eigenvalue weighted by Crippen LogP contribution is -2.26. The van der Waals surface area contributed by atoms with E-state index < -0.39 is 5.41 Å². The van der Waals surface area contributed by atoms with Crippen LogP contribution in [0.15, 0.2) is 42.5 Å². The molecule has 5 nitrogen and oxygen atoms in total. The molecule has 0 spiro atoms. The van der Waals surface area contributed by atoms with Crippen LogP contribution in [0.5, 0.6) is 0 Å². The third-order valence-corrected chi connectivity index (χ3v) is 8.37.